The molecule has 0 saturated carbocycles. The molecule has 1 saturated heterocycles. The number of hydrogen-bond donors (Lipinski definition) is 1. The highest BCUT2D eigenvalue weighted by Gasteiger charge is 2.14. The van der Waals surface area contributed by atoms with Crippen LogP contribution in [-0.2, 0) is 0 Å². The third-order valence-electron chi connectivity index (χ3n) is 3.67. The Labute approximate surface area is 119 Å². The van der Waals surface area contributed by atoms with Crippen molar-refractivity contribution in [1.29, 1.82) is 0 Å². The van der Waals surface area contributed by atoms with Gasteiger partial charge >= 0.3 is 0 Å². The summed E-state index contributed by atoms with van der Waals surface area (Å²) in [6, 6.07) is 8.34. The fourth-order valence-corrected chi connectivity index (χ4v) is 2.52. The molecule has 104 valence electrons. The Bertz CT molecular complexity index is 545. The van der Waals surface area contributed by atoms with Crippen LogP contribution in [0.3, 0.4) is 0 Å². The van der Waals surface area contributed by atoms with Crippen molar-refractivity contribution < 1.29 is 4.74 Å². The average molecular weight is 269 g/mol. The second-order valence-corrected chi connectivity index (χ2v) is 5.19. The molecule has 1 aliphatic rings. The maximum absolute atomic E-state index is 5.69. The first-order valence-electron chi connectivity index (χ1n) is 7.08. The molecular formula is C16H19N3O. The summed E-state index contributed by atoms with van der Waals surface area (Å²) in [7, 11) is 0. The smallest absolute Gasteiger partial charge is 0.237 e. The van der Waals surface area contributed by atoms with E-state index < -0.39 is 0 Å². The number of aryl methyl sites for hydroxylation is 1. The fourth-order valence-electron chi connectivity index (χ4n) is 2.52. The SMILES string of the molecule is Cc1cnc(Oc2ccc(C3CCNCC3)cc2)cn1. The van der Waals surface area contributed by atoms with Crippen molar-refractivity contribution in [3.05, 3.63) is 47.9 Å². The molecule has 3 rings (SSSR count). The van der Waals surface area contributed by atoms with E-state index in [1.165, 1.54) is 18.4 Å². The Hall–Kier alpha value is -1.94. The molecular weight excluding hydrogens is 250 g/mol. The van der Waals surface area contributed by atoms with Crippen molar-refractivity contribution >= 4 is 0 Å². The maximum Gasteiger partial charge on any atom is 0.237 e. The first-order valence-corrected chi connectivity index (χ1v) is 7.08. The monoisotopic (exact) mass is 269 g/mol. The molecule has 0 radical (unpaired) electrons. The van der Waals surface area contributed by atoms with Gasteiger partial charge in [0, 0.05) is 0 Å². The van der Waals surface area contributed by atoms with Crippen LogP contribution >= 0.6 is 0 Å². The zero-order valence-corrected chi connectivity index (χ0v) is 11.7. The second-order valence-electron chi connectivity index (χ2n) is 5.19. The number of hydrogen-bond acceptors (Lipinski definition) is 4. The highest BCUT2D eigenvalue weighted by molar-refractivity contribution is 5.32. The van der Waals surface area contributed by atoms with E-state index in [0.717, 1.165) is 24.5 Å². The molecule has 1 aromatic heterocycles. The van der Waals surface area contributed by atoms with Crippen LogP contribution in [-0.4, -0.2) is 23.1 Å². The molecule has 4 nitrogen and oxygen atoms in total. The lowest BCUT2D eigenvalue weighted by atomic mass is 9.90. The van der Waals surface area contributed by atoms with Gasteiger partial charge in [0.25, 0.3) is 0 Å². The predicted octanol–water partition coefficient (Wildman–Crippen LogP) is 3.04. The Morgan fingerprint density at radius 1 is 1.05 bits per heavy atom. The van der Waals surface area contributed by atoms with Gasteiger partial charge in [-0.15, -0.1) is 0 Å². The van der Waals surface area contributed by atoms with Crippen molar-refractivity contribution in [3.8, 4) is 11.6 Å². The molecule has 20 heavy (non-hydrogen) atoms. The fraction of sp³-hybridized carbons (Fsp3) is 0.375. The number of piperidine rings is 1. The van der Waals surface area contributed by atoms with Crippen molar-refractivity contribution in [3.63, 3.8) is 0 Å². The summed E-state index contributed by atoms with van der Waals surface area (Å²) in [6.07, 6.45) is 5.78. The molecule has 0 spiro atoms. The zero-order chi connectivity index (χ0) is 13.8. The number of nitrogens with zero attached hydrogens (tertiary/aromatic N) is 2. The molecule has 2 heterocycles. The summed E-state index contributed by atoms with van der Waals surface area (Å²) in [5.74, 6) is 2.01. The van der Waals surface area contributed by atoms with Crippen LogP contribution in [0.1, 0.15) is 30.0 Å². The summed E-state index contributed by atoms with van der Waals surface area (Å²) in [5, 5.41) is 3.39. The van der Waals surface area contributed by atoms with Crippen LogP contribution in [0, 0.1) is 6.92 Å². The Morgan fingerprint density at radius 2 is 1.80 bits per heavy atom. The number of benzene rings is 1. The van der Waals surface area contributed by atoms with Gasteiger partial charge in [0.1, 0.15) is 5.75 Å². The third kappa shape index (κ3) is 3.14. The first-order chi connectivity index (χ1) is 9.81. The van der Waals surface area contributed by atoms with Gasteiger partial charge in [0.2, 0.25) is 5.88 Å². The van der Waals surface area contributed by atoms with E-state index in [1.54, 1.807) is 12.4 Å². The van der Waals surface area contributed by atoms with E-state index in [1.807, 2.05) is 19.1 Å². The lowest BCUT2D eigenvalue weighted by Gasteiger charge is -2.23. The topological polar surface area (TPSA) is 47.0 Å². The quantitative estimate of drug-likeness (QED) is 0.930. The van der Waals surface area contributed by atoms with Crippen molar-refractivity contribution in [1.82, 2.24) is 15.3 Å². The van der Waals surface area contributed by atoms with Crippen LogP contribution < -0.4 is 10.1 Å². The average Bonchev–Trinajstić information content (AvgIpc) is 2.51. The minimum atomic E-state index is 0.533. The van der Waals surface area contributed by atoms with Gasteiger partial charge in [-0.1, -0.05) is 12.1 Å². The second kappa shape index (κ2) is 6.01. The minimum Gasteiger partial charge on any atom is -0.438 e. The molecule has 4 heteroatoms. The Kier molecular flexibility index (Phi) is 3.92. The van der Waals surface area contributed by atoms with Crippen LogP contribution in [0.2, 0.25) is 0 Å². The van der Waals surface area contributed by atoms with Crippen molar-refractivity contribution in [2.24, 2.45) is 0 Å². The van der Waals surface area contributed by atoms with E-state index >= 15 is 0 Å². The number of aromatic nitrogens is 2. The maximum atomic E-state index is 5.69. The summed E-state index contributed by atoms with van der Waals surface area (Å²) in [6.45, 7) is 4.13. The van der Waals surface area contributed by atoms with Crippen molar-refractivity contribution in [2.75, 3.05) is 13.1 Å². The van der Waals surface area contributed by atoms with Gasteiger partial charge in [-0.25, -0.2) is 4.98 Å². The van der Waals surface area contributed by atoms with Gasteiger partial charge in [-0.3, -0.25) is 4.98 Å². The molecule has 0 atom stereocenters. The molecule has 0 amide bonds. The Balaban J connectivity index is 1.67. The number of rotatable bonds is 3. The van der Waals surface area contributed by atoms with E-state index in [0.29, 0.717) is 11.8 Å². The minimum absolute atomic E-state index is 0.533. The molecule has 1 N–H and O–H groups in total. The summed E-state index contributed by atoms with van der Waals surface area (Å²) in [5.41, 5.74) is 2.28. The Morgan fingerprint density at radius 3 is 2.45 bits per heavy atom. The number of nitrogens with one attached hydrogen (secondary N) is 1. The largest absolute Gasteiger partial charge is 0.438 e. The van der Waals surface area contributed by atoms with Crippen LogP contribution in [0.4, 0.5) is 0 Å². The highest BCUT2D eigenvalue weighted by atomic mass is 16.5. The van der Waals surface area contributed by atoms with Gasteiger partial charge in [-0.05, 0) is 56.5 Å². The lowest BCUT2D eigenvalue weighted by Crippen LogP contribution is -2.26. The normalized spacial score (nSPS) is 16.1. The van der Waals surface area contributed by atoms with E-state index in [9.17, 15) is 0 Å². The van der Waals surface area contributed by atoms with Gasteiger partial charge < -0.3 is 10.1 Å². The third-order valence-corrected chi connectivity index (χ3v) is 3.67. The molecule has 0 bridgehead atoms. The van der Waals surface area contributed by atoms with Gasteiger partial charge in [-0.2, -0.15) is 0 Å². The molecule has 0 aliphatic carbocycles. The molecule has 1 aliphatic heterocycles. The zero-order valence-electron chi connectivity index (χ0n) is 11.7. The van der Waals surface area contributed by atoms with E-state index in [4.69, 9.17) is 4.74 Å². The standard InChI is InChI=1S/C16H19N3O/c1-12-10-19-16(11-18-12)20-15-4-2-13(3-5-15)14-6-8-17-9-7-14/h2-5,10-11,14,17H,6-9H2,1H3. The van der Waals surface area contributed by atoms with Gasteiger partial charge in [0.15, 0.2) is 0 Å². The van der Waals surface area contributed by atoms with E-state index in [-0.39, 0.29) is 0 Å². The van der Waals surface area contributed by atoms with Gasteiger partial charge in [0.05, 0.1) is 18.1 Å². The predicted molar refractivity (Wildman–Crippen MR) is 78.1 cm³/mol. The summed E-state index contributed by atoms with van der Waals surface area (Å²) >= 11 is 0. The number of ether oxygens (including phenoxy) is 1. The van der Waals surface area contributed by atoms with Crippen LogP contribution in [0.15, 0.2) is 36.7 Å². The van der Waals surface area contributed by atoms with Crippen LogP contribution in [0.25, 0.3) is 0 Å². The summed E-state index contributed by atoms with van der Waals surface area (Å²) in [4.78, 5) is 8.36. The molecule has 2 aromatic rings. The lowest BCUT2D eigenvalue weighted by molar-refractivity contribution is 0.452. The highest BCUT2D eigenvalue weighted by Crippen LogP contribution is 2.27. The summed E-state index contributed by atoms with van der Waals surface area (Å²) < 4.78 is 5.69. The molecule has 1 aromatic carbocycles. The van der Waals surface area contributed by atoms with Crippen LogP contribution in [0.5, 0.6) is 11.6 Å². The molecule has 1 fully saturated rings. The molecule has 0 unspecified atom stereocenters. The van der Waals surface area contributed by atoms with Crippen molar-refractivity contribution in [2.45, 2.75) is 25.7 Å². The van der Waals surface area contributed by atoms with E-state index in [2.05, 4.69) is 27.4 Å². The first kappa shape index (κ1) is 13.1.